The van der Waals surface area contributed by atoms with E-state index in [4.69, 9.17) is 0 Å². The van der Waals surface area contributed by atoms with Crippen LogP contribution in [-0.4, -0.2) is 17.5 Å². The lowest BCUT2D eigenvalue weighted by Crippen LogP contribution is -2.33. The van der Waals surface area contributed by atoms with Crippen LogP contribution in [0.5, 0.6) is 0 Å². The summed E-state index contributed by atoms with van der Waals surface area (Å²) in [5, 5.41) is 3.62. The third-order valence-electron chi connectivity index (χ3n) is 2.64. The molecule has 0 amide bonds. The van der Waals surface area contributed by atoms with Crippen LogP contribution in [0.4, 0.5) is 0 Å². The number of rotatable bonds is 3. The number of thioether (sulfide) groups is 1. The summed E-state index contributed by atoms with van der Waals surface area (Å²) in [5.74, 6) is 2.61. The summed E-state index contributed by atoms with van der Waals surface area (Å²) in [6.45, 7) is 0.991. The van der Waals surface area contributed by atoms with Crippen molar-refractivity contribution in [2.75, 3.05) is 11.5 Å². The third kappa shape index (κ3) is 3.82. The van der Waals surface area contributed by atoms with E-state index >= 15 is 0 Å². The average Bonchev–Trinajstić information content (AvgIpc) is 2.28. The molecule has 0 aromatic heterocycles. The highest BCUT2D eigenvalue weighted by molar-refractivity contribution is 9.10. The second-order valence-corrected chi connectivity index (χ2v) is 5.99. The number of nitrogens with one attached hydrogen (secondary N) is 1. The minimum Gasteiger partial charge on any atom is -0.309 e. The molecule has 1 fully saturated rings. The van der Waals surface area contributed by atoms with Crippen molar-refractivity contribution in [3.05, 3.63) is 34.3 Å². The fourth-order valence-electron chi connectivity index (χ4n) is 1.81. The highest BCUT2D eigenvalue weighted by atomic mass is 79.9. The quantitative estimate of drug-likeness (QED) is 0.913. The van der Waals surface area contributed by atoms with Gasteiger partial charge in [0.25, 0.3) is 0 Å². The molecule has 1 aromatic rings. The Bertz CT molecular complexity index is 310. The number of hydrogen-bond donors (Lipinski definition) is 1. The molecule has 1 N–H and O–H groups in total. The van der Waals surface area contributed by atoms with Crippen LogP contribution in [0.2, 0.25) is 0 Å². The maximum absolute atomic E-state index is 3.62. The lowest BCUT2D eigenvalue weighted by molar-refractivity contribution is 0.507. The van der Waals surface area contributed by atoms with Crippen molar-refractivity contribution >= 4 is 27.7 Å². The molecular formula is C12H16BrNS. The largest absolute Gasteiger partial charge is 0.309 e. The molecule has 0 bridgehead atoms. The Morgan fingerprint density at radius 1 is 1.47 bits per heavy atom. The standard InChI is InChI=1S/C12H16BrNS/c13-11-4-1-3-10(7-11)8-14-12-5-2-6-15-9-12/h1,3-4,7,12,14H,2,5-6,8-9H2. The molecule has 15 heavy (non-hydrogen) atoms. The van der Waals surface area contributed by atoms with Crippen molar-refractivity contribution in [2.24, 2.45) is 0 Å². The topological polar surface area (TPSA) is 12.0 Å². The van der Waals surface area contributed by atoms with Crippen LogP contribution < -0.4 is 5.32 Å². The zero-order valence-electron chi connectivity index (χ0n) is 8.71. The highest BCUT2D eigenvalue weighted by Gasteiger charge is 2.12. The number of halogens is 1. The van der Waals surface area contributed by atoms with E-state index in [1.165, 1.54) is 34.4 Å². The Hall–Kier alpha value is 0.01000. The second-order valence-electron chi connectivity index (χ2n) is 3.92. The molecule has 1 saturated heterocycles. The minimum atomic E-state index is 0.711. The zero-order chi connectivity index (χ0) is 10.5. The Kier molecular flexibility index (Phi) is 4.54. The van der Waals surface area contributed by atoms with Crippen LogP contribution in [0.1, 0.15) is 18.4 Å². The van der Waals surface area contributed by atoms with Crippen molar-refractivity contribution < 1.29 is 0 Å². The molecule has 2 rings (SSSR count). The van der Waals surface area contributed by atoms with Crippen LogP contribution in [0.15, 0.2) is 28.7 Å². The fraction of sp³-hybridized carbons (Fsp3) is 0.500. The van der Waals surface area contributed by atoms with Crippen LogP contribution in [0.25, 0.3) is 0 Å². The molecule has 1 unspecified atom stereocenters. The molecule has 1 aliphatic rings. The summed E-state index contributed by atoms with van der Waals surface area (Å²) in [4.78, 5) is 0. The smallest absolute Gasteiger partial charge is 0.0208 e. The summed E-state index contributed by atoms with van der Waals surface area (Å²) in [6, 6.07) is 9.23. The molecule has 1 heterocycles. The van der Waals surface area contributed by atoms with Crippen molar-refractivity contribution in [1.82, 2.24) is 5.32 Å². The van der Waals surface area contributed by atoms with E-state index in [0.29, 0.717) is 6.04 Å². The summed E-state index contributed by atoms with van der Waals surface area (Å²) >= 11 is 5.57. The predicted molar refractivity (Wildman–Crippen MR) is 71.3 cm³/mol. The molecule has 82 valence electrons. The van der Waals surface area contributed by atoms with Crippen LogP contribution >= 0.6 is 27.7 Å². The van der Waals surface area contributed by atoms with Gasteiger partial charge in [0.1, 0.15) is 0 Å². The van der Waals surface area contributed by atoms with E-state index in [1.54, 1.807) is 0 Å². The van der Waals surface area contributed by atoms with Gasteiger partial charge < -0.3 is 5.32 Å². The zero-order valence-corrected chi connectivity index (χ0v) is 11.1. The molecule has 1 aliphatic heterocycles. The van der Waals surface area contributed by atoms with Gasteiger partial charge in [-0.05, 0) is 36.3 Å². The van der Waals surface area contributed by atoms with Crippen LogP contribution in [0, 0.1) is 0 Å². The molecule has 0 radical (unpaired) electrons. The van der Waals surface area contributed by atoms with Gasteiger partial charge in [-0.2, -0.15) is 11.8 Å². The molecule has 3 heteroatoms. The Labute approximate surface area is 104 Å². The summed E-state index contributed by atoms with van der Waals surface area (Å²) in [5.41, 5.74) is 1.36. The molecular weight excluding hydrogens is 270 g/mol. The third-order valence-corrected chi connectivity index (χ3v) is 4.35. The van der Waals surface area contributed by atoms with E-state index in [2.05, 4.69) is 57.3 Å². The van der Waals surface area contributed by atoms with Gasteiger partial charge >= 0.3 is 0 Å². The average molecular weight is 286 g/mol. The Morgan fingerprint density at radius 2 is 2.40 bits per heavy atom. The van der Waals surface area contributed by atoms with E-state index in [0.717, 1.165) is 6.54 Å². The lowest BCUT2D eigenvalue weighted by Gasteiger charge is -2.22. The van der Waals surface area contributed by atoms with Crippen molar-refractivity contribution in [3.63, 3.8) is 0 Å². The highest BCUT2D eigenvalue weighted by Crippen LogP contribution is 2.17. The van der Waals surface area contributed by atoms with Gasteiger partial charge in [-0.3, -0.25) is 0 Å². The molecule has 1 aromatic carbocycles. The summed E-state index contributed by atoms with van der Waals surface area (Å²) < 4.78 is 1.17. The van der Waals surface area contributed by atoms with Crippen LogP contribution in [0.3, 0.4) is 0 Å². The van der Waals surface area contributed by atoms with Gasteiger partial charge in [0.05, 0.1) is 0 Å². The first-order valence-electron chi connectivity index (χ1n) is 5.40. The summed E-state index contributed by atoms with van der Waals surface area (Å²) in [7, 11) is 0. The van der Waals surface area contributed by atoms with Gasteiger partial charge in [0, 0.05) is 22.8 Å². The molecule has 1 nitrogen and oxygen atoms in total. The fourth-order valence-corrected chi connectivity index (χ4v) is 3.36. The van der Waals surface area contributed by atoms with E-state index in [-0.39, 0.29) is 0 Å². The first-order valence-corrected chi connectivity index (χ1v) is 7.35. The van der Waals surface area contributed by atoms with Crippen molar-refractivity contribution in [1.29, 1.82) is 0 Å². The maximum Gasteiger partial charge on any atom is 0.0208 e. The normalized spacial score (nSPS) is 21.5. The Morgan fingerprint density at radius 3 is 3.13 bits per heavy atom. The van der Waals surface area contributed by atoms with Gasteiger partial charge in [0.2, 0.25) is 0 Å². The predicted octanol–water partition coefficient (Wildman–Crippen LogP) is 3.43. The SMILES string of the molecule is Brc1cccc(CNC2CCCSC2)c1. The Balaban J connectivity index is 1.81. The number of hydrogen-bond acceptors (Lipinski definition) is 2. The second kappa shape index (κ2) is 5.92. The van der Waals surface area contributed by atoms with Gasteiger partial charge in [-0.15, -0.1) is 0 Å². The minimum absolute atomic E-state index is 0.711. The first kappa shape index (κ1) is 11.5. The van der Waals surface area contributed by atoms with Crippen LogP contribution in [-0.2, 0) is 6.54 Å². The first-order chi connectivity index (χ1) is 7.34. The van der Waals surface area contributed by atoms with Gasteiger partial charge in [-0.25, -0.2) is 0 Å². The van der Waals surface area contributed by atoms with Crippen molar-refractivity contribution in [3.8, 4) is 0 Å². The van der Waals surface area contributed by atoms with E-state index in [1.807, 2.05) is 0 Å². The summed E-state index contributed by atoms with van der Waals surface area (Å²) in [6.07, 6.45) is 2.70. The lowest BCUT2D eigenvalue weighted by atomic mass is 10.1. The molecule has 0 spiro atoms. The van der Waals surface area contributed by atoms with Gasteiger partial charge in [-0.1, -0.05) is 28.1 Å². The molecule has 0 saturated carbocycles. The van der Waals surface area contributed by atoms with E-state index in [9.17, 15) is 0 Å². The molecule has 1 atom stereocenters. The van der Waals surface area contributed by atoms with E-state index < -0.39 is 0 Å². The van der Waals surface area contributed by atoms with Gasteiger partial charge in [0.15, 0.2) is 0 Å². The monoisotopic (exact) mass is 285 g/mol. The molecule has 0 aliphatic carbocycles. The van der Waals surface area contributed by atoms with Crippen molar-refractivity contribution in [2.45, 2.75) is 25.4 Å². The maximum atomic E-state index is 3.62. The number of benzene rings is 1.